The minimum absolute atomic E-state index is 0.0197. The third-order valence-electron chi connectivity index (χ3n) is 5.85. The zero-order valence-electron chi connectivity index (χ0n) is 16.0. The molecule has 4 rings (SSSR count). The van der Waals surface area contributed by atoms with Crippen molar-refractivity contribution in [2.75, 3.05) is 26.2 Å². The van der Waals surface area contributed by atoms with Crippen molar-refractivity contribution in [3.8, 4) is 0 Å². The molecule has 4 heterocycles. The van der Waals surface area contributed by atoms with Gasteiger partial charge in [-0.25, -0.2) is 0 Å². The van der Waals surface area contributed by atoms with Crippen molar-refractivity contribution in [2.24, 2.45) is 5.41 Å². The van der Waals surface area contributed by atoms with E-state index < -0.39 is 0 Å². The van der Waals surface area contributed by atoms with Crippen molar-refractivity contribution in [1.29, 1.82) is 0 Å². The van der Waals surface area contributed by atoms with E-state index in [1.807, 2.05) is 28.0 Å². The maximum atomic E-state index is 12.8. The van der Waals surface area contributed by atoms with Crippen LogP contribution in [0.3, 0.4) is 0 Å². The molecule has 0 saturated carbocycles. The number of hydrogen-bond donors (Lipinski definition) is 0. The highest BCUT2D eigenvalue weighted by Gasteiger charge is 2.42. The van der Waals surface area contributed by atoms with Crippen LogP contribution in [-0.4, -0.2) is 63.0 Å². The molecule has 2 aromatic rings. The van der Waals surface area contributed by atoms with Gasteiger partial charge in [-0.15, -0.1) is 5.10 Å². The van der Waals surface area contributed by atoms with Gasteiger partial charge in [0.15, 0.2) is 5.69 Å². The minimum atomic E-state index is -0.0656. The molecule has 7 nitrogen and oxygen atoms in total. The van der Waals surface area contributed by atoms with Crippen LogP contribution in [0.5, 0.6) is 0 Å². The minimum Gasteiger partial charge on any atom is -0.342 e. The van der Waals surface area contributed by atoms with Crippen LogP contribution in [0.2, 0.25) is 0 Å². The molecule has 1 spiro atoms. The molecular weight excluding hydrogens is 354 g/mol. The van der Waals surface area contributed by atoms with Crippen LogP contribution in [0, 0.1) is 5.41 Å². The average Bonchev–Trinajstić information content (AvgIpc) is 2.75. The number of rotatable bonds is 4. The molecule has 7 heteroatoms. The summed E-state index contributed by atoms with van der Waals surface area (Å²) in [5.41, 5.74) is 1.37. The molecule has 146 valence electrons. The standard InChI is InChI=1S/C21H25N5O2/c27-19-7-10-21(15-25(19)14-8-17-5-1-2-11-22-17)9-4-13-26(16-21)20(28)18-6-3-12-23-24-18/h1-3,5-6,11-12H,4,7-10,13-16H2/t21-/m0/s1. The van der Waals surface area contributed by atoms with Gasteiger partial charge in [-0.1, -0.05) is 6.07 Å². The van der Waals surface area contributed by atoms with Crippen LogP contribution >= 0.6 is 0 Å². The molecule has 2 amide bonds. The Bertz CT molecular complexity index is 829. The predicted molar refractivity (Wildman–Crippen MR) is 103 cm³/mol. The van der Waals surface area contributed by atoms with Gasteiger partial charge in [0.25, 0.3) is 5.91 Å². The summed E-state index contributed by atoms with van der Waals surface area (Å²) in [4.78, 5) is 33.5. The van der Waals surface area contributed by atoms with Gasteiger partial charge in [0.05, 0.1) is 0 Å². The van der Waals surface area contributed by atoms with E-state index in [4.69, 9.17) is 0 Å². The fraction of sp³-hybridized carbons (Fsp3) is 0.476. The number of carbonyl (C=O) groups is 2. The number of carbonyl (C=O) groups excluding carboxylic acids is 2. The Kier molecular flexibility index (Phi) is 5.32. The fourth-order valence-corrected chi connectivity index (χ4v) is 4.39. The lowest BCUT2D eigenvalue weighted by Gasteiger charge is -2.48. The van der Waals surface area contributed by atoms with E-state index >= 15 is 0 Å². The number of aromatic nitrogens is 3. The van der Waals surface area contributed by atoms with E-state index in [2.05, 4.69) is 15.2 Å². The normalized spacial score (nSPS) is 22.5. The Morgan fingerprint density at radius 2 is 2.04 bits per heavy atom. The Morgan fingerprint density at radius 1 is 1.11 bits per heavy atom. The molecule has 28 heavy (non-hydrogen) atoms. The van der Waals surface area contributed by atoms with Gasteiger partial charge in [-0.05, 0) is 43.5 Å². The summed E-state index contributed by atoms with van der Waals surface area (Å²) in [5.74, 6) is 0.142. The molecule has 0 aromatic carbocycles. The molecule has 0 radical (unpaired) electrons. The topological polar surface area (TPSA) is 79.3 Å². The molecule has 0 aliphatic carbocycles. The van der Waals surface area contributed by atoms with Crippen LogP contribution in [0.25, 0.3) is 0 Å². The van der Waals surface area contributed by atoms with Crippen LogP contribution in [-0.2, 0) is 11.2 Å². The fourth-order valence-electron chi connectivity index (χ4n) is 4.39. The van der Waals surface area contributed by atoms with Gasteiger partial charge in [0.2, 0.25) is 5.91 Å². The quantitative estimate of drug-likeness (QED) is 0.811. The molecule has 2 fully saturated rings. The maximum absolute atomic E-state index is 12.8. The number of nitrogens with zero attached hydrogens (tertiary/aromatic N) is 5. The van der Waals surface area contributed by atoms with Crippen LogP contribution < -0.4 is 0 Å². The van der Waals surface area contributed by atoms with Crippen molar-refractivity contribution >= 4 is 11.8 Å². The lowest BCUT2D eigenvalue weighted by molar-refractivity contribution is -0.138. The molecule has 2 aliphatic rings. The second-order valence-corrected chi connectivity index (χ2v) is 7.83. The van der Waals surface area contributed by atoms with Crippen molar-refractivity contribution in [3.63, 3.8) is 0 Å². The summed E-state index contributed by atoms with van der Waals surface area (Å²) in [6.07, 6.45) is 7.50. The summed E-state index contributed by atoms with van der Waals surface area (Å²) < 4.78 is 0. The third-order valence-corrected chi connectivity index (χ3v) is 5.85. The number of likely N-dealkylation sites (tertiary alicyclic amines) is 2. The SMILES string of the molecule is O=C1CC[C@@]2(CCCN(C(=O)c3cccnn3)C2)CN1CCc1ccccn1. The third kappa shape index (κ3) is 4.03. The zero-order chi connectivity index (χ0) is 19.4. The van der Waals surface area contributed by atoms with Crippen molar-refractivity contribution < 1.29 is 9.59 Å². The van der Waals surface area contributed by atoms with Crippen molar-refractivity contribution in [2.45, 2.75) is 32.1 Å². The molecule has 2 aromatic heterocycles. The van der Waals surface area contributed by atoms with E-state index in [0.717, 1.165) is 37.9 Å². The summed E-state index contributed by atoms with van der Waals surface area (Å²) >= 11 is 0. The first-order chi connectivity index (χ1) is 13.7. The lowest BCUT2D eigenvalue weighted by atomic mass is 9.73. The van der Waals surface area contributed by atoms with Crippen LogP contribution in [0.1, 0.15) is 41.9 Å². The monoisotopic (exact) mass is 379 g/mol. The predicted octanol–water partition coefficient (Wildman–Crippen LogP) is 1.96. The molecule has 1 atom stereocenters. The van der Waals surface area contributed by atoms with Gasteiger partial charge in [0, 0.05) is 62.5 Å². The summed E-state index contributed by atoms with van der Waals surface area (Å²) in [6.45, 7) is 2.80. The maximum Gasteiger partial charge on any atom is 0.274 e. The molecule has 0 bridgehead atoms. The zero-order valence-corrected chi connectivity index (χ0v) is 16.0. The second kappa shape index (κ2) is 8.04. The number of amides is 2. The van der Waals surface area contributed by atoms with Crippen molar-refractivity contribution in [3.05, 3.63) is 54.1 Å². The smallest absolute Gasteiger partial charge is 0.274 e. The Morgan fingerprint density at radius 3 is 2.82 bits per heavy atom. The highest BCUT2D eigenvalue weighted by Crippen LogP contribution is 2.39. The van der Waals surface area contributed by atoms with Crippen molar-refractivity contribution in [1.82, 2.24) is 25.0 Å². The first-order valence-electron chi connectivity index (χ1n) is 9.90. The highest BCUT2D eigenvalue weighted by molar-refractivity contribution is 5.92. The van der Waals surface area contributed by atoms with E-state index in [9.17, 15) is 9.59 Å². The first-order valence-corrected chi connectivity index (χ1v) is 9.90. The largest absolute Gasteiger partial charge is 0.342 e. The van der Waals surface area contributed by atoms with E-state index in [1.54, 1.807) is 24.5 Å². The van der Waals surface area contributed by atoms with E-state index in [0.29, 0.717) is 31.7 Å². The average molecular weight is 379 g/mol. The van der Waals surface area contributed by atoms with Gasteiger partial charge >= 0.3 is 0 Å². The molecule has 2 saturated heterocycles. The summed E-state index contributed by atoms with van der Waals surface area (Å²) in [5, 5.41) is 7.79. The summed E-state index contributed by atoms with van der Waals surface area (Å²) in [7, 11) is 0. The first kappa shape index (κ1) is 18.5. The second-order valence-electron chi connectivity index (χ2n) is 7.83. The Hall–Kier alpha value is -2.83. The van der Waals surface area contributed by atoms with Gasteiger partial charge in [0.1, 0.15) is 0 Å². The van der Waals surface area contributed by atoms with Crippen LogP contribution in [0.15, 0.2) is 42.7 Å². The Balaban J connectivity index is 1.43. The lowest BCUT2D eigenvalue weighted by Crippen LogP contribution is -2.55. The van der Waals surface area contributed by atoms with Gasteiger partial charge in [-0.2, -0.15) is 5.10 Å². The number of pyridine rings is 1. The Labute approximate surface area is 164 Å². The highest BCUT2D eigenvalue weighted by atomic mass is 16.2. The van der Waals surface area contributed by atoms with Crippen LogP contribution in [0.4, 0.5) is 0 Å². The summed E-state index contributed by atoms with van der Waals surface area (Å²) in [6, 6.07) is 9.30. The van der Waals surface area contributed by atoms with E-state index in [1.165, 1.54) is 0 Å². The number of piperidine rings is 2. The van der Waals surface area contributed by atoms with E-state index in [-0.39, 0.29) is 17.2 Å². The van der Waals surface area contributed by atoms with Gasteiger partial charge < -0.3 is 9.80 Å². The number of hydrogen-bond acceptors (Lipinski definition) is 5. The molecular formula is C21H25N5O2. The molecule has 0 N–H and O–H groups in total. The van der Waals surface area contributed by atoms with Gasteiger partial charge in [-0.3, -0.25) is 14.6 Å². The molecule has 0 unspecified atom stereocenters. The molecule has 2 aliphatic heterocycles.